The minimum atomic E-state index is -0.270. The SMILES string of the molecule is CCOC(=O)C(COC1CCC1)NC1CC1. The second-order valence-corrected chi connectivity index (χ2v) is 4.63. The van der Waals surface area contributed by atoms with E-state index >= 15 is 0 Å². The van der Waals surface area contributed by atoms with Gasteiger partial charge in [-0.3, -0.25) is 10.1 Å². The van der Waals surface area contributed by atoms with E-state index in [4.69, 9.17) is 9.47 Å². The fourth-order valence-corrected chi connectivity index (χ4v) is 1.73. The number of ether oxygens (including phenoxy) is 2. The second-order valence-electron chi connectivity index (χ2n) is 4.63. The predicted octanol–water partition coefficient (Wildman–Crippen LogP) is 1.24. The summed E-state index contributed by atoms with van der Waals surface area (Å²) in [4.78, 5) is 11.7. The largest absolute Gasteiger partial charge is 0.465 e. The normalized spacial score (nSPS) is 22.6. The van der Waals surface area contributed by atoms with Gasteiger partial charge in [-0.25, -0.2) is 0 Å². The molecule has 1 N–H and O–H groups in total. The Kier molecular flexibility index (Phi) is 4.18. The molecule has 4 heteroatoms. The first kappa shape index (κ1) is 11.9. The first-order valence-corrected chi connectivity index (χ1v) is 6.34. The van der Waals surface area contributed by atoms with Gasteiger partial charge in [-0.2, -0.15) is 0 Å². The van der Waals surface area contributed by atoms with Gasteiger partial charge in [-0.05, 0) is 39.0 Å². The molecule has 1 unspecified atom stereocenters. The van der Waals surface area contributed by atoms with Crippen LogP contribution in [0.1, 0.15) is 39.0 Å². The second kappa shape index (κ2) is 5.64. The summed E-state index contributed by atoms with van der Waals surface area (Å²) in [6.07, 6.45) is 6.24. The van der Waals surface area contributed by atoms with E-state index in [0.717, 1.165) is 12.8 Å². The smallest absolute Gasteiger partial charge is 0.325 e. The van der Waals surface area contributed by atoms with Crippen molar-refractivity contribution >= 4 is 5.97 Å². The van der Waals surface area contributed by atoms with Crippen molar-refractivity contribution in [2.24, 2.45) is 0 Å². The summed E-state index contributed by atoms with van der Waals surface area (Å²) < 4.78 is 10.7. The molecule has 0 aromatic rings. The quantitative estimate of drug-likeness (QED) is 0.665. The summed E-state index contributed by atoms with van der Waals surface area (Å²) in [6, 6.07) is 0.229. The highest BCUT2D eigenvalue weighted by Crippen LogP contribution is 2.23. The summed E-state index contributed by atoms with van der Waals surface area (Å²) >= 11 is 0. The summed E-state index contributed by atoms with van der Waals surface area (Å²) in [5, 5.41) is 3.28. The van der Waals surface area contributed by atoms with Crippen molar-refractivity contribution in [3.8, 4) is 0 Å². The standard InChI is InChI=1S/C12H21NO3/c1-2-15-12(14)11(13-9-6-7-9)8-16-10-4-3-5-10/h9-11,13H,2-8H2,1H3. The maximum Gasteiger partial charge on any atom is 0.325 e. The van der Waals surface area contributed by atoms with E-state index in [-0.39, 0.29) is 12.0 Å². The molecule has 0 heterocycles. The monoisotopic (exact) mass is 227 g/mol. The molecule has 4 nitrogen and oxygen atoms in total. The van der Waals surface area contributed by atoms with Gasteiger partial charge in [0, 0.05) is 6.04 Å². The zero-order valence-corrected chi connectivity index (χ0v) is 9.91. The van der Waals surface area contributed by atoms with E-state index in [1.807, 2.05) is 6.92 Å². The van der Waals surface area contributed by atoms with Gasteiger partial charge in [-0.1, -0.05) is 0 Å². The summed E-state index contributed by atoms with van der Waals surface area (Å²) in [5.74, 6) is -0.172. The molecular weight excluding hydrogens is 206 g/mol. The topological polar surface area (TPSA) is 47.6 Å². The zero-order chi connectivity index (χ0) is 11.4. The predicted molar refractivity (Wildman–Crippen MR) is 60.2 cm³/mol. The lowest BCUT2D eigenvalue weighted by molar-refractivity contribution is -0.148. The number of rotatable bonds is 7. The molecule has 0 aliphatic heterocycles. The number of hydrogen-bond acceptors (Lipinski definition) is 4. The summed E-state index contributed by atoms with van der Waals surface area (Å²) in [7, 11) is 0. The van der Waals surface area contributed by atoms with E-state index in [2.05, 4.69) is 5.32 Å². The van der Waals surface area contributed by atoms with Crippen molar-refractivity contribution in [3.05, 3.63) is 0 Å². The molecule has 0 aromatic carbocycles. The number of esters is 1. The van der Waals surface area contributed by atoms with E-state index < -0.39 is 0 Å². The van der Waals surface area contributed by atoms with Gasteiger partial charge >= 0.3 is 5.97 Å². The van der Waals surface area contributed by atoms with Crippen LogP contribution >= 0.6 is 0 Å². The van der Waals surface area contributed by atoms with E-state index in [0.29, 0.717) is 25.4 Å². The minimum absolute atomic E-state index is 0.172. The molecule has 0 amide bonds. The van der Waals surface area contributed by atoms with Crippen LogP contribution in [0.4, 0.5) is 0 Å². The van der Waals surface area contributed by atoms with Crippen LogP contribution in [0, 0.1) is 0 Å². The zero-order valence-electron chi connectivity index (χ0n) is 9.91. The van der Waals surface area contributed by atoms with Gasteiger partial charge in [0.1, 0.15) is 6.04 Å². The molecule has 16 heavy (non-hydrogen) atoms. The van der Waals surface area contributed by atoms with Gasteiger partial charge in [0.25, 0.3) is 0 Å². The lowest BCUT2D eigenvalue weighted by atomic mass is 9.96. The molecule has 92 valence electrons. The molecule has 2 aliphatic rings. The van der Waals surface area contributed by atoms with Gasteiger partial charge in [0.05, 0.1) is 19.3 Å². The van der Waals surface area contributed by atoms with Crippen LogP contribution in [-0.4, -0.2) is 37.4 Å². The third-order valence-corrected chi connectivity index (χ3v) is 3.14. The van der Waals surface area contributed by atoms with E-state index in [1.54, 1.807) is 0 Å². The fourth-order valence-electron chi connectivity index (χ4n) is 1.73. The van der Waals surface area contributed by atoms with Crippen molar-refractivity contribution in [3.63, 3.8) is 0 Å². The average molecular weight is 227 g/mol. The molecule has 0 radical (unpaired) electrons. The number of nitrogens with one attached hydrogen (secondary N) is 1. The summed E-state index contributed by atoms with van der Waals surface area (Å²) in [5.41, 5.74) is 0. The van der Waals surface area contributed by atoms with Crippen LogP contribution in [0.15, 0.2) is 0 Å². The molecule has 0 aromatic heterocycles. The minimum Gasteiger partial charge on any atom is -0.465 e. The van der Waals surface area contributed by atoms with Crippen LogP contribution < -0.4 is 5.32 Å². The Morgan fingerprint density at radius 3 is 2.62 bits per heavy atom. The highest BCUT2D eigenvalue weighted by Gasteiger charge is 2.30. The Bertz CT molecular complexity index is 236. The highest BCUT2D eigenvalue weighted by molar-refractivity contribution is 5.76. The van der Waals surface area contributed by atoms with Crippen LogP contribution in [0.3, 0.4) is 0 Å². The third kappa shape index (κ3) is 3.46. The first-order valence-electron chi connectivity index (χ1n) is 6.34. The first-order chi connectivity index (χ1) is 7.79. The lowest BCUT2D eigenvalue weighted by Gasteiger charge is -2.27. The van der Waals surface area contributed by atoms with Crippen molar-refractivity contribution < 1.29 is 14.3 Å². The Balaban J connectivity index is 1.72. The maximum absolute atomic E-state index is 11.7. The van der Waals surface area contributed by atoms with E-state index in [9.17, 15) is 4.79 Å². The molecule has 2 fully saturated rings. The Hall–Kier alpha value is -0.610. The number of carbonyl (C=O) groups excluding carboxylic acids is 1. The molecule has 0 spiro atoms. The van der Waals surface area contributed by atoms with Crippen LogP contribution in [-0.2, 0) is 14.3 Å². The third-order valence-electron chi connectivity index (χ3n) is 3.14. The van der Waals surface area contributed by atoms with Gasteiger partial charge in [0.15, 0.2) is 0 Å². The molecule has 2 saturated carbocycles. The summed E-state index contributed by atoms with van der Waals surface area (Å²) in [6.45, 7) is 2.73. The Morgan fingerprint density at radius 1 is 1.38 bits per heavy atom. The van der Waals surface area contributed by atoms with Crippen LogP contribution in [0.5, 0.6) is 0 Å². The molecule has 2 rings (SSSR count). The molecule has 0 saturated heterocycles. The van der Waals surface area contributed by atoms with Crippen LogP contribution in [0.25, 0.3) is 0 Å². The van der Waals surface area contributed by atoms with Crippen molar-refractivity contribution in [2.45, 2.75) is 57.2 Å². The molecular formula is C12H21NO3. The van der Waals surface area contributed by atoms with Gasteiger partial charge in [0.2, 0.25) is 0 Å². The van der Waals surface area contributed by atoms with Crippen molar-refractivity contribution in [1.29, 1.82) is 0 Å². The number of hydrogen-bond donors (Lipinski definition) is 1. The fraction of sp³-hybridized carbons (Fsp3) is 0.917. The number of carbonyl (C=O) groups is 1. The average Bonchev–Trinajstić information content (AvgIpc) is 2.98. The van der Waals surface area contributed by atoms with Crippen molar-refractivity contribution in [2.75, 3.05) is 13.2 Å². The van der Waals surface area contributed by atoms with Crippen molar-refractivity contribution in [1.82, 2.24) is 5.32 Å². The molecule has 0 bridgehead atoms. The van der Waals surface area contributed by atoms with Crippen LogP contribution in [0.2, 0.25) is 0 Å². The van der Waals surface area contributed by atoms with E-state index in [1.165, 1.54) is 19.3 Å². The Morgan fingerprint density at radius 2 is 2.12 bits per heavy atom. The van der Waals surface area contributed by atoms with Gasteiger partial charge in [-0.15, -0.1) is 0 Å². The van der Waals surface area contributed by atoms with Gasteiger partial charge < -0.3 is 9.47 Å². The molecule has 1 atom stereocenters. The molecule has 2 aliphatic carbocycles. The maximum atomic E-state index is 11.7. The lowest BCUT2D eigenvalue weighted by Crippen LogP contribution is -2.44. The Labute approximate surface area is 96.7 Å². The highest BCUT2D eigenvalue weighted by atomic mass is 16.5.